The van der Waals surface area contributed by atoms with Crippen molar-refractivity contribution in [2.24, 2.45) is 5.92 Å². The van der Waals surface area contributed by atoms with Gasteiger partial charge in [-0.2, -0.15) is 13.4 Å². The maximum absolute atomic E-state index is 13.2. The number of rotatable bonds is 8. The Kier molecular flexibility index (Phi) is 7.14. The van der Waals surface area contributed by atoms with Crippen LogP contribution in [0.25, 0.3) is 5.69 Å². The van der Waals surface area contributed by atoms with Gasteiger partial charge in [0.2, 0.25) is 5.88 Å². The predicted molar refractivity (Wildman–Crippen MR) is 148 cm³/mol. The van der Waals surface area contributed by atoms with Crippen LogP contribution < -0.4 is 14.4 Å². The van der Waals surface area contributed by atoms with E-state index in [1.165, 1.54) is 12.1 Å². The highest BCUT2D eigenvalue weighted by Gasteiger charge is 2.40. The molecule has 0 bridgehead atoms. The lowest BCUT2D eigenvalue weighted by Crippen LogP contribution is -2.43. The molecule has 1 saturated heterocycles. The minimum Gasteiger partial charge on any atom is -0.473 e. The molecule has 3 aromatic heterocycles. The predicted octanol–water partition coefficient (Wildman–Crippen LogP) is 4.59. The fraction of sp³-hybridized carbons (Fsp3) is 0.276. The van der Waals surface area contributed by atoms with Crippen molar-refractivity contribution in [3.63, 3.8) is 0 Å². The Morgan fingerprint density at radius 3 is 2.59 bits per heavy atom. The van der Waals surface area contributed by atoms with Crippen LogP contribution in [0.5, 0.6) is 5.88 Å². The van der Waals surface area contributed by atoms with Gasteiger partial charge in [-0.3, -0.25) is 4.79 Å². The molecule has 5 rings (SSSR count). The van der Waals surface area contributed by atoms with Gasteiger partial charge in [-0.15, -0.1) is 0 Å². The summed E-state index contributed by atoms with van der Waals surface area (Å²) in [5.74, 6) is 0.226. The van der Waals surface area contributed by atoms with Gasteiger partial charge in [0.1, 0.15) is 12.4 Å². The summed E-state index contributed by atoms with van der Waals surface area (Å²) in [5, 5.41) is -0.310. The van der Waals surface area contributed by atoms with Gasteiger partial charge in [0.15, 0.2) is 5.03 Å². The number of hydrogen-bond acceptors (Lipinski definition) is 7. The lowest BCUT2D eigenvalue weighted by atomic mass is 9.90. The van der Waals surface area contributed by atoms with Crippen LogP contribution in [0.3, 0.4) is 0 Å². The van der Waals surface area contributed by atoms with E-state index in [2.05, 4.69) is 40.4 Å². The number of anilines is 1. The van der Waals surface area contributed by atoms with E-state index in [9.17, 15) is 13.2 Å². The molecule has 1 unspecified atom stereocenters. The zero-order valence-electron chi connectivity index (χ0n) is 22.1. The van der Waals surface area contributed by atoms with Crippen molar-refractivity contribution in [3.8, 4) is 11.6 Å². The van der Waals surface area contributed by atoms with Crippen LogP contribution in [0.15, 0.2) is 90.3 Å². The van der Waals surface area contributed by atoms with E-state index in [1.807, 2.05) is 53.4 Å². The van der Waals surface area contributed by atoms with E-state index in [4.69, 9.17) is 4.74 Å². The van der Waals surface area contributed by atoms with Crippen molar-refractivity contribution < 1.29 is 17.9 Å². The SMILES string of the molecule is CC1CCN(c2ncccc2C(=O)NS(=O)(=O)c2cccc(OCc3cccc(-n4cccc4)c3)n2)C1(C)C. The van der Waals surface area contributed by atoms with Crippen LogP contribution in [0.2, 0.25) is 0 Å². The molecule has 1 N–H and O–H groups in total. The lowest BCUT2D eigenvalue weighted by molar-refractivity contribution is 0.0981. The van der Waals surface area contributed by atoms with Gasteiger partial charge in [-0.05, 0) is 74.2 Å². The number of carbonyl (C=O) groups excluding carboxylic acids is 1. The number of pyridine rings is 2. The van der Waals surface area contributed by atoms with Crippen molar-refractivity contribution in [2.45, 2.75) is 44.4 Å². The maximum atomic E-state index is 13.2. The van der Waals surface area contributed by atoms with Crippen molar-refractivity contribution in [1.29, 1.82) is 0 Å². The second-order valence-electron chi connectivity index (χ2n) is 10.2. The second kappa shape index (κ2) is 10.5. The van der Waals surface area contributed by atoms with Crippen LogP contribution in [-0.4, -0.2) is 40.9 Å². The van der Waals surface area contributed by atoms with Crippen molar-refractivity contribution in [2.75, 3.05) is 11.4 Å². The number of hydrogen-bond donors (Lipinski definition) is 1. The number of nitrogens with one attached hydrogen (secondary N) is 1. The minimum atomic E-state index is -4.27. The van der Waals surface area contributed by atoms with Gasteiger partial charge < -0.3 is 14.2 Å². The molecule has 4 heterocycles. The zero-order valence-corrected chi connectivity index (χ0v) is 22.9. The molecular weight excluding hydrogens is 514 g/mol. The van der Waals surface area contributed by atoms with E-state index in [-0.39, 0.29) is 28.6 Å². The van der Waals surface area contributed by atoms with E-state index < -0.39 is 15.9 Å². The molecule has 9 nitrogen and oxygen atoms in total. The Morgan fingerprint density at radius 2 is 1.85 bits per heavy atom. The van der Waals surface area contributed by atoms with Crippen LogP contribution in [0, 0.1) is 5.92 Å². The highest BCUT2D eigenvalue weighted by atomic mass is 32.2. The number of amides is 1. The summed E-state index contributed by atoms with van der Waals surface area (Å²) in [6.07, 6.45) is 6.46. The molecule has 0 radical (unpaired) electrons. The van der Waals surface area contributed by atoms with Crippen LogP contribution in [0.4, 0.5) is 5.82 Å². The average Bonchev–Trinajstić information content (AvgIpc) is 3.56. The Bertz CT molecular complexity index is 1580. The average molecular weight is 546 g/mol. The van der Waals surface area contributed by atoms with Crippen molar-refractivity contribution in [1.82, 2.24) is 19.3 Å². The fourth-order valence-corrected chi connectivity index (χ4v) is 5.65. The molecule has 0 aliphatic carbocycles. The first-order valence-electron chi connectivity index (χ1n) is 12.8. The van der Waals surface area contributed by atoms with Crippen LogP contribution in [-0.2, 0) is 16.6 Å². The molecule has 4 aromatic rings. The summed E-state index contributed by atoms with van der Waals surface area (Å²) in [5.41, 5.74) is 1.84. The molecule has 0 saturated carbocycles. The van der Waals surface area contributed by atoms with Gasteiger partial charge in [0.05, 0.1) is 5.56 Å². The molecule has 0 spiro atoms. The molecule has 1 aromatic carbocycles. The van der Waals surface area contributed by atoms with Gasteiger partial charge in [0.25, 0.3) is 15.9 Å². The van der Waals surface area contributed by atoms with Crippen LogP contribution >= 0.6 is 0 Å². The summed E-state index contributed by atoms with van der Waals surface area (Å²) in [6.45, 7) is 7.29. The van der Waals surface area contributed by atoms with E-state index in [1.54, 1.807) is 24.4 Å². The fourth-order valence-electron chi connectivity index (χ4n) is 4.72. The summed E-state index contributed by atoms with van der Waals surface area (Å²) >= 11 is 0. The summed E-state index contributed by atoms with van der Waals surface area (Å²) < 4.78 is 36.2. The Morgan fingerprint density at radius 1 is 1.08 bits per heavy atom. The van der Waals surface area contributed by atoms with Gasteiger partial charge >= 0.3 is 0 Å². The quantitative estimate of drug-likeness (QED) is 0.345. The number of sulfonamides is 1. The second-order valence-corrected chi connectivity index (χ2v) is 11.8. The first-order valence-corrected chi connectivity index (χ1v) is 14.3. The third-order valence-corrected chi connectivity index (χ3v) is 8.61. The molecular formula is C29H31N5O4S. The molecule has 202 valence electrons. The highest BCUT2D eigenvalue weighted by Crippen LogP contribution is 2.38. The topological polar surface area (TPSA) is 106 Å². The van der Waals surface area contributed by atoms with Crippen molar-refractivity contribution in [3.05, 3.63) is 96.4 Å². The summed E-state index contributed by atoms with van der Waals surface area (Å²) in [7, 11) is -4.27. The van der Waals surface area contributed by atoms with Crippen LogP contribution in [0.1, 0.15) is 43.1 Å². The number of nitrogens with zero attached hydrogens (tertiary/aromatic N) is 4. The third-order valence-electron chi connectivity index (χ3n) is 7.37. The minimum absolute atomic E-state index is 0.131. The number of benzene rings is 1. The van der Waals surface area contributed by atoms with E-state index in [0.29, 0.717) is 11.7 Å². The van der Waals surface area contributed by atoms with Gasteiger partial charge in [0, 0.05) is 42.4 Å². The third kappa shape index (κ3) is 5.51. The first-order chi connectivity index (χ1) is 18.6. The molecule has 1 aliphatic rings. The van der Waals surface area contributed by atoms with E-state index in [0.717, 1.165) is 24.2 Å². The van der Waals surface area contributed by atoms with Gasteiger partial charge in [-0.1, -0.05) is 25.1 Å². The lowest BCUT2D eigenvalue weighted by Gasteiger charge is -2.36. The normalized spacial score (nSPS) is 16.7. The van der Waals surface area contributed by atoms with E-state index >= 15 is 0 Å². The smallest absolute Gasteiger partial charge is 0.281 e. The Labute approximate surface area is 228 Å². The molecule has 1 fully saturated rings. The number of carbonyl (C=O) groups is 1. The molecule has 10 heteroatoms. The molecule has 1 amide bonds. The zero-order chi connectivity index (χ0) is 27.6. The highest BCUT2D eigenvalue weighted by molar-refractivity contribution is 7.90. The number of aromatic nitrogens is 3. The largest absolute Gasteiger partial charge is 0.473 e. The molecule has 1 aliphatic heterocycles. The first kappa shape index (κ1) is 26.4. The molecule has 39 heavy (non-hydrogen) atoms. The van der Waals surface area contributed by atoms with Crippen molar-refractivity contribution >= 4 is 21.7 Å². The summed E-state index contributed by atoms with van der Waals surface area (Å²) in [6, 6.07) is 19.3. The standard InChI is InChI=1S/C29H31N5O4S/c1-21-14-18-34(29(21,2)3)27-24(11-8-15-30-27)28(35)32-39(36,37)26-13-7-12-25(31-26)38-20-22-9-6-10-23(19-22)33-16-4-5-17-33/h4-13,15-17,19,21H,14,18,20H2,1-3H3,(H,32,35). The summed E-state index contributed by atoms with van der Waals surface area (Å²) in [4.78, 5) is 23.9. The Balaban J connectivity index is 1.31. The number of ether oxygens (including phenoxy) is 1. The Hall–Kier alpha value is -4.18. The monoisotopic (exact) mass is 545 g/mol. The van der Waals surface area contributed by atoms with Gasteiger partial charge in [-0.25, -0.2) is 9.71 Å². The molecule has 1 atom stereocenters. The maximum Gasteiger partial charge on any atom is 0.281 e.